The Morgan fingerprint density at radius 3 is 2.95 bits per heavy atom. The summed E-state index contributed by atoms with van der Waals surface area (Å²) in [6.45, 7) is 4.14. The monoisotopic (exact) mass is 311 g/mol. The summed E-state index contributed by atoms with van der Waals surface area (Å²) in [6.07, 6.45) is 7.25. The van der Waals surface area contributed by atoms with Crippen molar-refractivity contribution in [1.29, 1.82) is 0 Å². The average molecular weight is 312 g/mol. The molecule has 1 saturated heterocycles. The zero-order valence-electron chi connectivity index (χ0n) is 12.4. The van der Waals surface area contributed by atoms with Gasteiger partial charge in [0.25, 0.3) is 5.56 Å². The summed E-state index contributed by atoms with van der Waals surface area (Å²) in [5.74, 6) is 0.583. The third kappa shape index (κ3) is 3.24. The van der Waals surface area contributed by atoms with Crippen molar-refractivity contribution < 1.29 is 4.74 Å². The molecule has 2 fully saturated rings. The van der Waals surface area contributed by atoms with Crippen LogP contribution < -0.4 is 10.9 Å². The van der Waals surface area contributed by atoms with Crippen molar-refractivity contribution in [2.45, 2.75) is 51.2 Å². The van der Waals surface area contributed by atoms with E-state index in [0.717, 1.165) is 19.4 Å². The predicted octanol–water partition coefficient (Wildman–Crippen LogP) is 2.68. The molecule has 116 valence electrons. The lowest BCUT2D eigenvalue weighted by atomic mass is 9.85. The molecule has 1 saturated carbocycles. The molecule has 1 N–H and O–H groups in total. The highest BCUT2D eigenvalue weighted by atomic mass is 35.5. The lowest BCUT2D eigenvalue weighted by molar-refractivity contribution is 0.0315. The second-order valence-electron chi connectivity index (χ2n) is 6.41. The Morgan fingerprint density at radius 1 is 1.52 bits per heavy atom. The molecule has 1 unspecified atom stereocenters. The molecule has 1 aromatic heterocycles. The highest BCUT2D eigenvalue weighted by Crippen LogP contribution is 2.28. The van der Waals surface area contributed by atoms with E-state index >= 15 is 0 Å². The van der Waals surface area contributed by atoms with Crippen molar-refractivity contribution in [3.05, 3.63) is 21.6 Å². The first-order valence-corrected chi connectivity index (χ1v) is 8.09. The molecule has 0 radical (unpaired) electrons. The van der Waals surface area contributed by atoms with Crippen molar-refractivity contribution in [1.82, 2.24) is 9.78 Å². The lowest BCUT2D eigenvalue weighted by Gasteiger charge is -2.26. The third-order valence-electron chi connectivity index (χ3n) is 4.59. The summed E-state index contributed by atoms with van der Waals surface area (Å²) in [4.78, 5) is 12.5. The van der Waals surface area contributed by atoms with E-state index in [0.29, 0.717) is 29.7 Å². The van der Waals surface area contributed by atoms with Crippen LogP contribution in [-0.4, -0.2) is 28.5 Å². The number of aromatic nitrogens is 2. The van der Waals surface area contributed by atoms with Crippen LogP contribution in [0.5, 0.6) is 0 Å². The molecular formula is C15H22ClN3O2. The molecule has 0 amide bonds. The van der Waals surface area contributed by atoms with Gasteiger partial charge in [-0.1, -0.05) is 18.0 Å². The van der Waals surface area contributed by atoms with Crippen molar-refractivity contribution in [3.63, 3.8) is 0 Å². The summed E-state index contributed by atoms with van der Waals surface area (Å²) in [5.41, 5.74) is 0.108. The molecule has 1 atom stereocenters. The van der Waals surface area contributed by atoms with Gasteiger partial charge in [0.15, 0.2) is 0 Å². The van der Waals surface area contributed by atoms with Crippen LogP contribution in [-0.2, 0) is 11.3 Å². The first-order chi connectivity index (χ1) is 10.1. The number of halogens is 1. The highest BCUT2D eigenvalue weighted by Gasteiger charge is 2.30. The summed E-state index contributed by atoms with van der Waals surface area (Å²) in [7, 11) is 0. The van der Waals surface area contributed by atoms with E-state index in [9.17, 15) is 4.79 Å². The zero-order chi connectivity index (χ0) is 14.9. The van der Waals surface area contributed by atoms with Gasteiger partial charge in [-0.3, -0.25) is 4.79 Å². The van der Waals surface area contributed by atoms with Crippen molar-refractivity contribution in [2.75, 3.05) is 18.5 Å². The molecule has 1 aromatic rings. The number of hydrogen-bond acceptors (Lipinski definition) is 4. The SMILES string of the molecule is CC1(CNc2c(Cl)cnn(CC3CCC3)c2=O)CCCO1. The minimum absolute atomic E-state index is 0.129. The van der Waals surface area contributed by atoms with Gasteiger partial charge < -0.3 is 10.1 Å². The van der Waals surface area contributed by atoms with Gasteiger partial charge in [-0.15, -0.1) is 0 Å². The third-order valence-corrected chi connectivity index (χ3v) is 4.88. The average Bonchev–Trinajstić information content (AvgIpc) is 2.83. The quantitative estimate of drug-likeness (QED) is 0.908. The van der Waals surface area contributed by atoms with Crippen molar-refractivity contribution >= 4 is 17.3 Å². The Morgan fingerprint density at radius 2 is 2.33 bits per heavy atom. The Balaban J connectivity index is 1.73. The van der Waals surface area contributed by atoms with Crippen molar-refractivity contribution in [2.24, 2.45) is 5.92 Å². The molecule has 21 heavy (non-hydrogen) atoms. The van der Waals surface area contributed by atoms with Crippen LogP contribution >= 0.6 is 11.6 Å². The molecular weight excluding hydrogens is 290 g/mol. The van der Waals surface area contributed by atoms with Crippen LogP contribution in [0.4, 0.5) is 5.69 Å². The molecule has 0 spiro atoms. The first-order valence-electron chi connectivity index (χ1n) is 7.71. The standard InChI is InChI=1S/C15H22ClN3O2/c1-15(6-3-7-21-15)10-17-13-12(16)8-18-19(14(13)20)9-11-4-2-5-11/h8,11,17H,2-7,9-10H2,1H3. The fraction of sp³-hybridized carbons (Fsp3) is 0.733. The van der Waals surface area contributed by atoms with Gasteiger partial charge in [-0.2, -0.15) is 5.10 Å². The van der Waals surface area contributed by atoms with E-state index in [1.54, 1.807) is 6.20 Å². The fourth-order valence-corrected chi connectivity index (χ4v) is 3.12. The number of nitrogens with one attached hydrogen (secondary N) is 1. The maximum absolute atomic E-state index is 12.5. The molecule has 6 heteroatoms. The lowest BCUT2D eigenvalue weighted by Crippen LogP contribution is -2.36. The van der Waals surface area contributed by atoms with E-state index in [1.165, 1.54) is 23.9 Å². The number of rotatable bonds is 5. The molecule has 2 heterocycles. The van der Waals surface area contributed by atoms with Crippen molar-refractivity contribution in [3.8, 4) is 0 Å². The van der Waals surface area contributed by atoms with Crippen LogP contribution in [0.25, 0.3) is 0 Å². The van der Waals surface area contributed by atoms with Crippen LogP contribution in [0, 0.1) is 5.92 Å². The second-order valence-corrected chi connectivity index (χ2v) is 6.81. The predicted molar refractivity (Wildman–Crippen MR) is 82.9 cm³/mol. The molecule has 1 aliphatic carbocycles. The van der Waals surface area contributed by atoms with Crippen LogP contribution in [0.2, 0.25) is 5.02 Å². The summed E-state index contributed by atoms with van der Waals surface area (Å²) < 4.78 is 7.27. The molecule has 0 bridgehead atoms. The number of ether oxygens (including phenoxy) is 1. The van der Waals surface area contributed by atoms with E-state index in [1.807, 2.05) is 0 Å². The van der Waals surface area contributed by atoms with E-state index in [4.69, 9.17) is 16.3 Å². The Kier molecular flexibility index (Phi) is 4.22. The van der Waals surface area contributed by atoms with Gasteiger partial charge in [0.2, 0.25) is 0 Å². The molecule has 5 nitrogen and oxygen atoms in total. The van der Waals surface area contributed by atoms with Crippen LogP contribution in [0.15, 0.2) is 11.0 Å². The van der Waals surface area contributed by atoms with Gasteiger partial charge in [0.05, 0.1) is 16.8 Å². The fourth-order valence-electron chi connectivity index (χ4n) is 2.93. The number of anilines is 1. The van der Waals surface area contributed by atoms with Crippen LogP contribution in [0.3, 0.4) is 0 Å². The van der Waals surface area contributed by atoms with Gasteiger partial charge in [0, 0.05) is 19.7 Å². The molecule has 3 rings (SSSR count). The van der Waals surface area contributed by atoms with E-state index in [2.05, 4.69) is 17.3 Å². The minimum Gasteiger partial charge on any atom is -0.376 e. The van der Waals surface area contributed by atoms with Gasteiger partial charge in [0.1, 0.15) is 5.69 Å². The molecule has 1 aliphatic heterocycles. The second kappa shape index (κ2) is 5.97. The first kappa shape index (κ1) is 14.9. The van der Waals surface area contributed by atoms with Gasteiger partial charge >= 0.3 is 0 Å². The topological polar surface area (TPSA) is 56.2 Å². The summed E-state index contributed by atoms with van der Waals surface area (Å²) in [6, 6.07) is 0. The Labute approximate surface area is 129 Å². The maximum Gasteiger partial charge on any atom is 0.291 e. The number of hydrogen-bond donors (Lipinski definition) is 1. The largest absolute Gasteiger partial charge is 0.376 e. The Bertz CT molecular complexity index is 563. The highest BCUT2D eigenvalue weighted by molar-refractivity contribution is 6.32. The summed E-state index contributed by atoms with van der Waals surface area (Å²) in [5, 5.41) is 7.72. The van der Waals surface area contributed by atoms with E-state index < -0.39 is 0 Å². The van der Waals surface area contributed by atoms with Gasteiger partial charge in [-0.25, -0.2) is 4.68 Å². The zero-order valence-corrected chi connectivity index (χ0v) is 13.2. The van der Waals surface area contributed by atoms with E-state index in [-0.39, 0.29) is 11.2 Å². The molecule has 2 aliphatic rings. The molecule has 0 aromatic carbocycles. The normalized spacial score (nSPS) is 25.8. The van der Waals surface area contributed by atoms with Gasteiger partial charge in [-0.05, 0) is 38.5 Å². The maximum atomic E-state index is 12.5. The summed E-state index contributed by atoms with van der Waals surface area (Å²) >= 11 is 6.14. The smallest absolute Gasteiger partial charge is 0.291 e. The van der Waals surface area contributed by atoms with Crippen LogP contribution in [0.1, 0.15) is 39.0 Å². The number of nitrogens with zero attached hydrogens (tertiary/aromatic N) is 2. The Hall–Kier alpha value is -1.07. The minimum atomic E-state index is -0.210.